The molecule has 1 amide bonds. The van der Waals surface area contributed by atoms with Crippen LogP contribution < -0.4 is 5.32 Å². The highest BCUT2D eigenvalue weighted by Crippen LogP contribution is 2.27. The average molecular weight is 297 g/mol. The molecule has 0 spiro atoms. The molecular weight excluding hydrogens is 280 g/mol. The summed E-state index contributed by atoms with van der Waals surface area (Å²) in [4.78, 5) is 22.2. The van der Waals surface area contributed by atoms with Gasteiger partial charge in [-0.15, -0.1) is 0 Å². The summed E-state index contributed by atoms with van der Waals surface area (Å²) in [5, 5.41) is 13.7. The molecule has 1 aromatic carbocycles. The standard InChI is InChI=1S/C14H17ClN2O3/c15-13-6-5-11(17(19)20)9-12(13)14(18)16-8-7-10-3-1-2-4-10/h5-6,9-10H,1-4,7-8H2,(H,16,18). The second kappa shape index (κ2) is 6.70. The third-order valence-corrected chi connectivity index (χ3v) is 4.05. The molecule has 20 heavy (non-hydrogen) atoms. The molecule has 2 rings (SSSR count). The van der Waals surface area contributed by atoms with Crippen LogP contribution >= 0.6 is 11.6 Å². The fourth-order valence-corrected chi connectivity index (χ4v) is 2.79. The summed E-state index contributed by atoms with van der Waals surface area (Å²) in [6.07, 6.45) is 5.96. The third-order valence-electron chi connectivity index (χ3n) is 3.72. The molecule has 1 aliphatic carbocycles. The highest BCUT2D eigenvalue weighted by atomic mass is 35.5. The summed E-state index contributed by atoms with van der Waals surface area (Å²) >= 11 is 5.92. The second-order valence-corrected chi connectivity index (χ2v) is 5.52. The van der Waals surface area contributed by atoms with Gasteiger partial charge >= 0.3 is 0 Å². The molecule has 1 fully saturated rings. The number of hydrogen-bond acceptors (Lipinski definition) is 3. The van der Waals surface area contributed by atoms with E-state index in [2.05, 4.69) is 5.32 Å². The Morgan fingerprint density at radius 2 is 2.10 bits per heavy atom. The van der Waals surface area contributed by atoms with Crippen molar-refractivity contribution in [3.05, 3.63) is 38.9 Å². The molecule has 0 aromatic heterocycles. The van der Waals surface area contributed by atoms with Crippen molar-refractivity contribution < 1.29 is 9.72 Å². The van der Waals surface area contributed by atoms with Gasteiger partial charge in [0, 0.05) is 18.7 Å². The second-order valence-electron chi connectivity index (χ2n) is 5.12. The SMILES string of the molecule is O=C(NCCC1CCCC1)c1cc([N+](=O)[O-])ccc1Cl. The molecule has 0 radical (unpaired) electrons. The van der Waals surface area contributed by atoms with E-state index in [4.69, 9.17) is 11.6 Å². The molecule has 108 valence electrons. The van der Waals surface area contributed by atoms with E-state index in [0.717, 1.165) is 6.42 Å². The number of halogens is 1. The summed E-state index contributed by atoms with van der Waals surface area (Å²) in [6, 6.07) is 3.89. The van der Waals surface area contributed by atoms with E-state index in [0.29, 0.717) is 12.5 Å². The molecule has 0 aliphatic heterocycles. The van der Waals surface area contributed by atoms with Crippen molar-refractivity contribution in [2.24, 2.45) is 5.92 Å². The van der Waals surface area contributed by atoms with Crippen LogP contribution in [0.3, 0.4) is 0 Å². The molecule has 1 N–H and O–H groups in total. The zero-order valence-electron chi connectivity index (χ0n) is 11.1. The Morgan fingerprint density at radius 3 is 2.75 bits per heavy atom. The van der Waals surface area contributed by atoms with Crippen LogP contribution in [0.1, 0.15) is 42.5 Å². The first-order valence-corrected chi connectivity index (χ1v) is 7.18. The maximum Gasteiger partial charge on any atom is 0.270 e. The summed E-state index contributed by atoms with van der Waals surface area (Å²) < 4.78 is 0. The summed E-state index contributed by atoms with van der Waals surface area (Å²) in [5.74, 6) is 0.340. The molecule has 0 saturated heterocycles. The number of amides is 1. The van der Waals surface area contributed by atoms with Gasteiger partial charge in [-0.1, -0.05) is 37.3 Å². The number of rotatable bonds is 5. The number of nitrogens with zero attached hydrogens (tertiary/aromatic N) is 1. The van der Waals surface area contributed by atoms with Crippen molar-refractivity contribution in [3.63, 3.8) is 0 Å². The van der Waals surface area contributed by atoms with Crippen molar-refractivity contribution in [2.75, 3.05) is 6.54 Å². The van der Waals surface area contributed by atoms with Crippen LogP contribution in [0, 0.1) is 16.0 Å². The van der Waals surface area contributed by atoms with Crippen molar-refractivity contribution in [2.45, 2.75) is 32.1 Å². The zero-order chi connectivity index (χ0) is 14.5. The van der Waals surface area contributed by atoms with Crippen LogP contribution in [0.4, 0.5) is 5.69 Å². The summed E-state index contributed by atoms with van der Waals surface area (Å²) in [6.45, 7) is 0.586. The quantitative estimate of drug-likeness (QED) is 0.667. The van der Waals surface area contributed by atoms with Gasteiger partial charge < -0.3 is 5.32 Å². The number of benzene rings is 1. The van der Waals surface area contributed by atoms with E-state index in [1.54, 1.807) is 0 Å². The first kappa shape index (κ1) is 14.8. The molecular formula is C14H17ClN2O3. The fourth-order valence-electron chi connectivity index (χ4n) is 2.58. The largest absolute Gasteiger partial charge is 0.352 e. The Bertz CT molecular complexity index is 513. The smallest absolute Gasteiger partial charge is 0.270 e. The Morgan fingerprint density at radius 1 is 1.40 bits per heavy atom. The Balaban J connectivity index is 1.94. The number of carbonyl (C=O) groups is 1. The van der Waals surface area contributed by atoms with E-state index in [-0.39, 0.29) is 22.2 Å². The van der Waals surface area contributed by atoms with Crippen molar-refractivity contribution in [1.29, 1.82) is 0 Å². The normalized spacial score (nSPS) is 15.2. The van der Waals surface area contributed by atoms with Crippen LogP contribution in [0.5, 0.6) is 0 Å². The van der Waals surface area contributed by atoms with Crippen molar-refractivity contribution >= 4 is 23.2 Å². The first-order chi connectivity index (χ1) is 9.58. The Kier molecular flexibility index (Phi) is 4.95. The molecule has 1 aliphatic rings. The lowest BCUT2D eigenvalue weighted by atomic mass is 10.0. The lowest BCUT2D eigenvalue weighted by Gasteiger charge is -2.10. The Labute approximate surface area is 122 Å². The van der Waals surface area contributed by atoms with Gasteiger partial charge in [0.25, 0.3) is 11.6 Å². The number of non-ortho nitro benzene ring substituents is 1. The predicted octanol–water partition coefficient (Wildman–Crippen LogP) is 3.56. The van der Waals surface area contributed by atoms with Gasteiger partial charge in [-0.2, -0.15) is 0 Å². The average Bonchev–Trinajstić information content (AvgIpc) is 2.92. The van der Waals surface area contributed by atoms with Gasteiger partial charge in [0.15, 0.2) is 0 Å². The van der Waals surface area contributed by atoms with Crippen molar-refractivity contribution in [3.8, 4) is 0 Å². The van der Waals surface area contributed by atoms with E-state index in [1.165, 1.54) is 43.9 Å². The molecule has 1 aromatic rings. The first-order valence-electron chi connectivity index (χ1n) is 6.80. The molecule has 0 atom stereocenters. The molecule has 0 heterocycles. The summed E-state index contributed by atoms with van der Waals surface area (Å²) in [7, 11) is 0. The molecule has 6 heteroatoms. The van der Waals surface area contributed by atoms with E-state index < -0.39 is 4.92 Å². The van der Waals surface area contributed by atoms with Gasteiger partial charge in [0.05, 0.1) is 15.5 Å². The Hall–Kier alpha value is -1.62. The molecule has 0 bridgehead atoms. The predicted molar refractivity (Wildman–Crippen MR) is 77.0 cm³/mol. The highest BCUT2D eigenvalue weighted by Gasteiger charge is 2.17. The van der Waals surface area contributed by atoms with Gasteiger partial charge in [0.2, 0.25) is 0 Å². The third kappa shape index (κ3) is 3.70. The molecule has 0 unspecified atom stereocenters. The van der Waals surface area contributed by atoms with Gasteiger partial charge in [0.1, 0.15) is 0 Å². The monoisotopic (exact) mass is 296 g/mol. The minimum atomic E-state index is -0.536. The highest BCUT2D eigenvalue weighted by molar-refractivity contribution is 6.33. The van der Waals surface area contributed by atoms with E-state index in [9.17, 15) is 14.9 Å². The van der Waals surface area contributed by atoms with Gasteiger partial charge in [-0.05, 0) is 18.4 Å². The lowest BCUT2D eigenvalue weighted by Crippen LogP contribution is -2.26. The van der Waals surface area contributed by atoms with Gasteiger partial charge in [-0.3, -0.25) is 14.9 Å². The number of nitro groups is 1. The number of carbonyl (C=O) groups excluding carboxylic acids is 1. The number of nitro benzene ring substituents is 1. The molecule has 1 saturated carbocycles. The van der Waals surface area contributed by atoms with E-state index in [1.807, 2.05) is 0 Å². The van der Waals surface area contributed by atoms with Crippen LogP contribution in [0.15, 0.2) is 18.2 Å². The van der Waals surface area contributed by atoms with Crippen LogP contribution in [-0.4, -0.2) is 17.4 Å². The van der Waals surface area contributed by atoms with Crippen LogP contribution in [0.25, 0.3) is 0 Å². The maximum absolute atomic E-state index is 12.0. The lowest BCUT2D eigenvalue weighted by molar-refractivity contribution is -0.384. The maximum atomic E-state index is 12.0. The number of hydrogen-bond donors (Lipinski definition) is 1. The van der Waals surface area contributed by atoms with E-state index >= 15 is 0 Å². The number of nitrogens with one attached hydrogen (secondary N) is 1. The van der Waals surface area contributed by atoms with Gasteiger partial charge in [-0.25, -0.2) is 0 Å². The van der Waals surface area contributed by atoms with Crippen molar-refractivity contribution in [1.82, 2.24) is 5.32 Å². The molecule has 5 nitrogen and oxygen atoms in total. The minimum Gasteiger partial charge on any atom is -0.352 e. The minimum absolute atomic E-state index is 0.129. The van der Waals surface area contributed by atoms with Crippen LogP contribution in [-0.2, 0) is 0 Å². The topological polar surface area (TPSA) is 72.2 Å². The zero-order valence-corrected chi connectivity index (χ0v) is 11.9. The van der Waals surface area contributed by atoms with Crippen LogP contribution in [0.2, 0.25) is 5.02 Å². The summed E-state index contributed by atoms with van der Waals surface area (Å²) in [5.41, 5.74) is 0.0302. The fraction of sp³-hybridized carbons (Fsp3) is 0.500.